The molecular formula is H2FeMnNaO11P3. The SMILES string of the molecule is O=P([O-])(O)O.O=P([O-])([O-])OP(=O)([O-])[O-].[Fe+2].[Mn+2].[Na+]. The molecule has 99 valence electrons. The van der Waals surface area contributed by atoms with Crippen molar-refractivity contribution in [3.8, 4) is 0 Å². The van der Waals surface area contributed by atoms with Gasteiger partial charge in [0.15, 0.2) is 0 Å². The van der Waals surface area contributed by atoms with Gasteiger partial charge in [0.2, 0.25) is 0 Å². The summed E-state index contributed by atoms with van der Waals surface area (Å²) in [6.07, 6.45) is 0. The first-order valence-electron chi connectivity index (χ1n) is 2.23. The van der Waals surface area contributed by atoms with Gasteiger partial charge in [0.25, 0.3) is 7.82 Å². The van der Waals surface area contributed by atoms with Crippen molar-refractivity contribution < 1.29 is 116 Å². The van der Waals surface area contributed by atoms with Crippen molar-refractivity contribution in [1.82, 2.24) is 0 Å². The van der Waals surface area contributed by atoms with Crippen LogP contribution >= 0.6 is 23.5 Å². The van der Waals surface area contributed by atoms with Crippen molar-refractivity contribution in [2.24, 2.45) is 0 Å². The van der Waals surface area contributed by atoms with E-state index in [0.717, 1.165) is 0 Å². The van der Waals surface area contributed by atoms with Crippen molar-refractivity contribution in [3.63, 3.8) is 0 Å². The van der Waals surface area contributed by atoms with E-state index in [2.05, 4.69) is 4.31 Å². The van der Waals surface area contributed by atoms with E-state index in [1.165, 1.54) is 0 Å². The summed E-state index contributed by atoms with van der Waals surface area (Å²) in [5.74, 6) is 0. The molecule has 0 aliphatic rings. The minimum absolute atomic E-state index is 0. The zero-order valence-corrected chi connectivity index (χ0v) is 14.6. The number of phosphoric acid groups is 3. The van der Waals surface area contributed by atoms with Crippen molar-refractivity contribution in [2.75, 3.05) is 0 Å². The van der Waals surface area contributed by atoms with E-state index in [9.17, 15) is 28.7 Å². The maximum Gasteiger partial charge on any atom is 2.00 e. The standard InChI is InChI=1S/Fe.Mn.Na.H4O7P2.H3O4P/c;;;1-8(2,3)7-9(4,5)6;1-5(2,3)4/h;;;(H2,1,2,3)(H2,4,5,6);(H3,1,2,3,4)/q2*+2;+1;;/p-5. The molecule has 0 aliphatic heterocycles. The number of hydrogen-bond acceptors (Lipinski definition) is 9. The molecular weight excluding hydrogens is 403 g/mol. The summed E-state index contributed by atoms with van der Waals surface area (Å²) in [7, 11) is -16.2. The largest absolute Gasteiger partial charge is 2.00 e. The minimum Gasteiger partial charge on any atom is -0.790 e. The van der Waals surface area contributed by atoms with Crippen LogP contribution in [-0.4, -0.2) is 9.79 Å². The summed E-state index contributed by atoms with van der Waals surface area (Å²) in [4.78, 5) is 60.2. The van der Waals surface area contributed by atoms with Crippen LogP contribution < -0.4 is 54.0 Å². The molecule has 11 nitrogen and oxygen atoms in total. The Morgan fingerprint density at radius 3 is 0.941 bits per heavy atom. The summed E-state index contributed by atoms with van der Waals surface area (Å²) in [5.41, 5.74) is 0. The Labute approximate surface area is 138 Å². The molecule has 0 aromatic carbocycles. The Morgan fingerprint density at radius 1 is 0.824 bits per heavy atom. The molecule has 2 N–H and O–H groups in total. The predicted molar refractivity (Wildman–Crippen MR) is 28.3 cm³/mol. The third kappa shape index (κ3) is 70.1. The second-order valence-corrected chi connectivity index (χ2v) is 4.89. The van der Waals surface area contributed by atoms with Gasteiger partial charge in [0.1, 0.15) is 0 Å². The van der Waals surface area contributed by atoms with Crippen molar-refractivity contribution >= 4 is 23.5 Å². The molecule has 17 heavy (non-hydrogen) atoms. The fraction of sp³-hybridized carbons (Fsp3) is 0. The smallest absolute Gasteiger partial charge is 0.790 e. The van der Waals surface area contributed by atoms with E-state index in [4.69, 9.17) is 19.2 Å². The van der Waals surface area contributed by atoms with Crippen molar-refractivity contribution in [3.05, 3.63) is 0 Å². The van der Waals surface area contributed by atoms with Gasteiger partial charge >= 0.3 is 63.7 Å². The minimum atomic E-state index is -5.68. The van der Waals surface area contributed by atoms with Crippen LogP contribution in [0.1, 0.15) is 0 Å². The molecule has 0 aromatic heterocycles. The van der Waals surface area contributed by atoms with E-state index in [1.807, 2.05) is 0 Å². The molecule has 0 rings (SSSR count). The molecule has 0 aliphatic carbocycles. The Balaban J connectivity index is -0.0000000533. The van der Waals surface area contributed by atoms with Gasteiger partial charge < -0.3 is 47.7 Å². The monoisotopic (exact) mass is 405 g/mol. The normalized spacial score (nSPS) is 10.8. The van der Waals surface area contributed by atoms with Crippen LogP contribution in [-0.2, 0) is 52.1 Å². The Hall–Kier alpha value is 2.41. The molecule has 0 aromatic rings. The average Bonchev–Trinajstić information content (AvgIpc) is 1.42. The van der Waals surface area contributed by atoms with Crippen LogP contribution in [0.5, 0.6) is 0 Å². The van der Waals surface area contributed by atoms with Crippen LogP contribution in [0.25, 0.3) is 0 Å². The van der Waals surface area contributed by atoms with Crippen LogP contribution in [0, 0.1) is 0 Å². The first-order valence-corrected chi connectivity index (χ1v) is 6.68. The Bertz CT molecular complexity index is 270. The molecule has 0 saturated heterocycles. The summed E-state index contributed by atoms with van der Waals surface area (Å²) in [5, 5.41) is 0. The third-order valence-corrected chi connectivity index (χ3v) is 1.80. The quantitative estimate of drug-likeness (QED) is 0.325. The molecule has 0 bridgehead atoms. The topological polar surface area (TPSA) is 216 Å². The molecule has 1 radical (unpaired) electrons. The van der Waals surface area contributed by atoms with Crippen LogP contribution in [0.3, 0.4) is 0 Å². The van der Waals surface area contributed by atoms with Gasteiger partial charge in [-0.3, -0.25) is 4.57 Å². The first kappa shape index (κ1) is 31.7. The molecule has 0 saturated carbocycles. The van der Waals surface area contributed by atoms with Crippen molar-refractivity contribution in [1.29, 1.82) is 0 Å². The zero-order chi connectivity index (χ0) is 12.2. The zero-order valence-electron chi connectivity index (χ0n) is 7.64. The fourth-order valence-corrected chi connectivity index (χ4v) is 1.10. The van der Waals surface area contributed by atoms with Gasteiger partial charge in [-0.25, -0.2) is 0 Å². The Morgan fingerprint density at radius 2 is 0.941 bits per heavy atom. The summed E-state index contributed by atoms with van der Waals surface area (Å²) in [6.45, 7) is 0. The molecule has 0 fully saturated rings. The summed E-state index contributed by atoms with van der Waals surface area (Å²) >= 11 is 0. The van der Waals surface area contributed by atoms with Gasteiger partial charge in [0, 0.05) is 0 Å². The van der Waals surface area contributed by atoms with Gasteiger partial charge in [-0.05, 0) is 0 Å². The molecule has 17 heteroatoms. The third-order valence-electron chi connectivity index (χ3n) is 0.200. The summed E-state index contributed by atoms with van der Waals surface area (Å²) < 4.78 is 29.9. The maximum absolute atomic E-state index is 9.32. The summed E-state index contributed by atoms with van der Waals surface area (Å²) in [6, 6.07) is 0. The average molecular weight is 405 g/mol. The second kappa shape index (κ2) is 12.2. The van der Waals surface area contributed by atoms with Gasteiger partial charge in [-0.2, -0.15) is 0 Å². The van der Waals surface area contributed by atoms with Crippen LogP contribution in [0.4, 0.5) is 0 Å². The molecule has 0 heterocycles. The van der Waals surface area contributed by atoms with Gasteiger partial charge in [-0.15, -0.1) is 0 Å². The van der Waals surface area contributed by atoms with E-state index >= 15 is 0 Å². The first-order chi connectivity index (χ1) is 5.71. The second-order valence-electron chi connectivity index (χ2n) is 1.47. The number of rotatable bonds is 2. The maximum atomic E-state index is 9.32. The van der Waals surface area contributed by atoms with Crippen molar-refractivity contribution in [2.45, 2.75) is 0 Å². The van der Waals surface area contributed by atoms with Crippen LogP contribution in [0.2, 0.25) is 0 Å². The molecule has 0 spiro atoms. The van der Waals surface area contributed by atoms with E-state index in [0.29, 0.717) is 0 Å². The predicted octanol–water partition coefficient (Wildman–Crippen LogP) is -7.90. The van der Waals surface area contributed by atoms with Gasteiger partial charge in [-0.1, -0.05) is 0 Å². The molecule has 0 unspecified atom stereocenters. The molecule has 0 amide bonds. The fourth-order valence-electron chi connectivity index (χ4n) is 0.122. The van der Waals surface area contributed by atoms with E-state index in [1.54, 1.807) is 0 Å². The van der Waals surface area contributed by atoms with Crippen LogP contribution in [0.15, 0.2) is 0 Å². The van der Waals surface area contributed by atoms with Gasteiger partial charge in [0.05, 0.1) is 15.6 Å². The molecule has 0 atom stereocenters. The van der Waals surface area contributed by atoms with E-state index in [-0.39, 0.29) is 63.7 Å². The Kier molecular flexibility index (Phi) is 22.7. The number of hydrogen-bond donors (Lipinski definition) is 2. The van der Waals surface area contributed by atoms with E-state index < -0.39 is 23.5 Å².